The molecule has 130 valence electrons. The third-order valence-electron chi connectivity index (χ3n) is 3.93. The van der Waals surface area contributed by atoms with Crippen LogP contribution in [-0.4, -0.2) is 25.7 Å². The van der Waals surface area contributed by atoms with Crippen LogP contribution in [0.2, 0.25) is 0 Å². The van der Waals surface area contributed by atoms with E-state index in [0.717, 1.165) is 5.56 Å². The minimum atomic E-state index is -0.448. The van der Waals surface area contributed by atoms with Crippen molar-refractivity contribution in [2.24, 2.45) is 0 Å². The van der Waals surface area contributed by atoms with Gasteiger partial charge in [0.05, 0.1) is 27.1 Å². The summed E-state index contributed by atoms with van der Waals surface area (Å²) in [6.07, 6.45) is 1.61. The molecule has 2 N–H and O–H groups in total. The fraction of sp³-hybridized carbons (Fsp3) is 0.312. The van der Waals surface area contributed by atoms with Gasteiger partial charge in [-0.25, -0.2) is 9.97 Å². The summed E-state index contributed by atoms with van der Waals surface area (Å²) in [4.78, 5) is 30.9. The second-order valence-corrected chi connectivity index (χ2v) is 7.40. The number of amides is 1. The number of benzene rings is 1. The van der Waals surface area contributed by atoms with Crippen molar-refractivity contribution in [3.63, 3.8) is 0 Å². The predicted molar refractivity (Wildman–Crippen MR) is 96.1 cm³/mol. The number of carbonyl (C=O) groups excluding carboxylic acids is 1. The number of nitrogens with one attached hydrogen (secondary N) is 2. The van der Waals surface area contributed by atoms with Crippen LogP contribution in [0.3, 0.4) is 0 Å². The Morgan fingerprint density at radius 3 is 2.76 bits per heavy atom. The lowest BCUT2D eigenvalue weighted by Crippen LogP contribution is -2.38. The summed E-state index contributed by atoms with van der Waals surface area (Å²) in [6.45, 7) is 5.72. The lowest BCUT2D eigenvalue weighted by molar-refractivity contribution is -0.384. The van der Waals surface area contributed by atoms with Crippen LogP contribution in [0.4, 0.5) is 22.1 Å². The highest BCUT2D eigenvalue weighted by molar-refractivity contribution is 8.14. The summed E-state index contributed by atoms with van der Waals surface area (Å²) >= 11 is 1.19. The number of anilines is 2. The van der Waals surface area contributed by atoms with Gasteiger partial charge in [-0.1, -0.05) is 17.8 Å². The summed E-state index contributed by atoms with van der Waals surface area (Å²) in [5.41, 5.74) is 1.70. The molecule has 0 bridgehead atoms. The largest absolute Gasteiger partial charge is 0.341 e. The molecule has 1 aliphatic heterocycles. The molecule has 2 heterocycles. The molecule has 0 radical (unpaired) electrons. The number of nitro benzene ring substituents is 1. The maximum atomic E-state index is 11.7. The monoisotopic (exact) mass is 359 g/mol. The third kappa shape index (κ3) is 3.55. The first-order chi connectivity index (χ1) is 11.8. The molecule has 25 heavy (non-hydrogen) atoms. The summed E-state index contributed by atoms with van der Waals surface area (Å²) < 4.78 is 0. The van der Waals surface area contributed by atoms with Crippen molar-refractivity contribution in [2.45, 2.75) is 31.6 Å². The zero-order chi connectivity index (χ0) is 18.2. The van der Waals surface area contributed by atoms with Gasteiger partial charge >= 0.3 is 0 Å². The highest BCUT2D eigenvalue weighted by Gasteiger charge is 2.42. The molecule has 0 saturated carbocycles. The first-order valence-corrected chi connectivity index (χ1v) is 8.48. The van der Waals surface area contributed by atoms with Gasteiger partial charge in [-0.2, -0.15) is 0 Å². The zero-order valence-corrected chi connectivity index (χ0v) is 14.8. The van der Waals surface area contributed by atoms with Crippen molar-refractivity contribution in [1.29, 1.82) is 0 Å². The normalized spacial score (nSPS) is 18.7. The number of hydrogen-bond donors (Lipinski definition) is 2. The number of aromatic nitrogens is 2. The average Bonchev–Trinajstić information content (AvgIpc) is 2.82. The van der Waals surface area contributed by atoms with E-state index in [0.29, 0.717) is 17.3 Å². The van der Waals surface area contributed by atoms with Crippen molar-refractivity contribution in [3.8, 4) is 0 Å². The highest BCUT2D eigenvalue weighted by atomic mass is 32.2. The number of nitro groups is 1. The molecule has 1 amide bonds. The lowest BCUT2D eigenvalue weighted by atomic mass is 9.98. The van der Waals surface area contributed by atoms with Crippen LogP contribution in [-0.2, 0) is 0 Å². The fourth-order valence-electron chi connectivity index (χ4n) is 2.60. The van der Waals surface area contributed by atoms with E-state index < -0.39 is 10.5 Å². The predicted octanol–water partition coefficient (Wildman–Crippen LogP) is 3.71. The second-order valence-electron chi connectivity index (χ2n) is 6.32. The average molecular weight is 359 g/mol. The Morgan fingerprint density at radius 1 is 1.36 bits per heavy atom. The van der Waals surface area contributed by atoms with Gasteiger partial charge in [-0.05, 0) is 32.4 Å². The second kappa shape index (κ2) is 6.32. The Hall–Kier alpha value is -2.68. The minimum Gasteiger partial charge on any atom is -0.341 e. The SMILES string of the molecule is Cc1ccc([N+](=O)[O-])cc1Nc1nccc(C2SC(=O)NC2(C)C)n1. The van der Waals surface area contributed by atoms with Gasteiger partial charge in [0.25, 0.3) is 10.9 Å². The summed E-state index contributed by atoms with van der Waals surface area (Å²) in [6, 6.07) is 6.34. The van der Waals surface area contributed by atoms with E-state index >= 15 is 0 Å². The Morgan fingerprint density at radius 2 is 2.12 bits per heavy atom. The van der Waals surface area contributed by atoms with Crippen LogP contribution < -0.4 is 10.6 Å². The van der Waals surface area contributed by atoms with E-state index in [2.05, 4.69) is 20.6 Å². The molecule has 1 saturated heterocycles. The highest BCUT2D eigenvalue weighted by Crippen LogP contribution is 2.43. The van der Waals surface area contributed by atoms with Crippen molar-refractivity contribution in [1.82, 2.24) is 15.3 Å². The Bertz CT molecular complexity index is 855. The van der Waals surface area contributed by atoms with Gasteiger partial charge in [-0.3, -0.25) is 14.9 Å². The van der Waals surface area contributed by atoms with Gasteiger partial charge in [0.15, 0.2) is 0 Å². The van der Waals surface area contributed by atoms with E-state index in [1.807, 2.05) is 20.8 Å². The van der Waals surface area contributed by atoms with Gasteiger partial charge in [0, 0.05) is 18.3 Å². The number of aryl methyl sites for hydroxylation is 1. The summed E-state index contributed by atoms with van der Waals surface area (Å²) in [5.74, 6) is 0.330. The number of non-ortho nitro benzene ring substituents is 1. The first-order valence-electron chi connectivity index (χ1n) is 7.60. The Labute approximate surface area is 148 Å². The fourth-order valence-corrected chi connectivity index (χ4v) is 3.74. The van der Waals surface area contributed by atoms with Crippen molar-refractivity contribution < 1.29 is 9.72 Å². The molecule has 3 rings (SSSR count). The number of carbonyl (C=O) groups is 1. The zero-order valence-electron chi connectivity index (χ0n) is 13.9. The van der Waals surface area contributed by atoms with Gasteiger partial charge < -0.3 is 10.6 Å². The topological polar surface area (TPSA) is 110 Å². The van der Waals surface area contributed by atoms with Gasteiger partial charge in [0.1, 0.15) is 0 Å². The van der Waals surface area contributed by atoms with Crippen LogP contribution in [0.25, 0.3) is 0 Å². The maximum absolute atomic E-state index is 11.7. The number of thioether (sulfide) groups is 1. The molecule has 0 spiro atoms. The van der Waals surface area contributed by atoms with Crippen molar-refractivity contribution in [3.05, 3.63) is 51.8 Å². The molecule has 1 aromatic carbocycles. The molecule has 1 atom stereocenters. The maximum Gasteiger partial charge on any atom is 0.280 e. The van der Waals surface area contributed by atoms with Crippen LogP contribution in [0.15, 0.2) is 30.5 Å². The standard InChI is InChI=1S/C16H17N5O3S/c1-9-4-5-10(21(23)24)8-12(9)19-14-17-7-6-11(18-14)13-16(2,3)20-15(22)25-13/h4-8,13H,1-3H3,(H,20,22)(H,17,18,19). The van der Waals surface area contributed by atoms with Crippen LogP contribution in [0.5, 0.6) is 0 Å². The Balaban J connectivity index is 1.89. The molecule has 9 heteroatoms. The van der Waals surface area contributed by atoms with E-state index in [-0.39, 0.29) is 16.2 Å². The van der Waals surface area contributed by atoms with Crippen LogP contribution >= 0.6 is 11.8 Å². The van der Waals surface area contributed by atoms with E-state index in [4.69, 9.17) is 0 Å². The number of hydrogen-bond acceptors (Lipinski definition) is 7. The molecular weight excluding hydrogens is 342 g/mol. The third-order valence-corrected chi connectivity index (χ3v) is 5.31. The number of rotatable bonds is 4. The lowest BCUT2D eigenvalue weighted by Gasteiger charge is -2.24. The van der Waals surface area contributed by atoms with Crippen molar-refractivity contribution in [2.75, 3.05) is 5.32 Å². The van der Waals surface area contributed by atoms with Crippen molar-refractivity contribution >= 4 is 34.3 Å². The minimum absolute atomic E-state index is 0.00784. The molecule has 1 fully saturated rings. The van der Waals surface area contributed by atoms with Gasteiger partial charge in [0.2, 0.25) is 5.95 Å². The van der Waals surface area contributed by atoms with E-state index in [1.165, 1.54) is 23.9 Å². The molecule has 1 unspecified atom stereocenters. The first kappa shape index (κ1) is 17.2. The number of nitrogens with zero attached hydrogens (tertiary/aromatic N) is 3. The quantitative estimate of drug-likeness (QED) is 0.632. The van der Waals surface area contributed by atoms with E-state index in [9.17, 15) is 14.9 Å². The molecule has 0 aliphatic carbocycles. The van der Waals surface area contributed by atoms with Crippen LogP contribution in [0, 0.1) is 17.0 Å². The van der Waals surface area contributed by atoms with Crippen LogP contribution in [0.1, 0.15) is 30.4 Å². The van der Waals surface area contributed by atoms with Gasteiger partial charge in [-0.15, -0.1) is 0 Å². The smallest absolute Gasteiger partial charge is 0.280 e. The molecule has 2 aromatic rings. The molecule has 8 nitrogen and oxygen atoms in total. The molecule has 1 aliphatic rings. The Kier molecular flexibility index (Phi) is 4.34. The molecular formula is C16H17N5O3S. The summed E-state index contributed by atoms with van der Waals surface area (Å²) in [5, 5.41) is 16.7. The summed E-state index contributed by atoms with van der Waals surface area (Å²) in [7, 11) is 0. The molecule has 1 aromatic heterocycles. The van der Waals surface area contributed by atoms with E-state index in [1.54, 1.807) is 18.3 Å².